The molecule has 0 radical (unpaired) electrons. The summed E-state index contributed by atoms with van der Waals surface area (Å²) in [6.07, 6.45) is 8.31. The minimum atomic E-state index is -0.287. The van der Waals surface area contributed by atoms with Gasteiger partial charge in [0.2, 0.25) is 0 Å². The Morgan fingerprint density at radius 1 is 1.26 bits per heavy atom. The largest absolute Gasteiger partial charge is 0.461 e. The van der Waals surface area contributed by atoms with Gasteiger partial charge in [0.25, 0.3) is 5.24 Å². The van der Waals surface area contributed by atoms with Gasteiger partial charge in [0.05, 0.1) is 17.0 Å². The molecule has 6 nitrogen and oxygen atoms in total. The van der Waals surface area contributed by atoms with E-state index in [4.69, 9.17) is 9.47 Å². The molecule has 1 heterocycles. The van der Waals surface area contributed by atoms with E-state index < -0.39 is 0 Å². The molecule has 0 amide bonds. The van der Waals surface area contributed by atoms with Gasteiger partial charge in [-0.1, -0.05) is 18.7 Å². The van der Waals surface area contributed by atoms with Gasteiger partial charge in [0, 0.05) is 30.7 Å². The number of esters is 1. The van der Waals surface area contributed by atoms with Crippen molar-refractivity contribution >= 4 is 23.0 Å². The van der Waals surface area contributed by atoms with E-state index in [0.29, 0.717) is 0 Å². The molecular formula is C20H30N2O4S. The lowest BCUT2D eigenvalue weighted by molar-refractivity contribution is -0.162. The molecule has 0 aliphatic heterocycles. The summed E-state index contributed by atoms with van der Waals surface area (Å²) in [5.41, 5.74) is -0.245. The number of hydrogen-bond acceptors (Lipinski definition) is 6. The quantitative estimate of drug-likeness (QED) is 0.713. The van der Waals surface area contributed by atoms with Crippen LogP contribution in [-0.2, 0) is 14.3 Å². The summed E-state index contributed by atoms with van der Waals surface area (Å²) < 4.78 is 13.6. The van der Waals surface area contributed by atoms with Crippen molar-refractivity contribution in [3.8, 4) is 0 Å². The van der Waals surface area contributed by atoms with E-state index in [1.165, 1.54) is 29.6 Å². The van der Waals surface area contributed by atoms with Crippen molar-refractivity contribution in [2.24, 2.45) is 11.3 Å². The third kappa shape index (κ3) is 4.40. The Morgan fingerprint density at radius 2 is 2.00 bits per heavy atom. The summed E-state index contributed by atoms with van der Waals surface area (Å²) >= 11 is 1.26. The van der Waals surface area contributed by atoms with Crippen molar-refractivity contribution in [1.29, 1.82) is 0 Å². The molecular weight excluding hydrogens is 364 g/mol. The Morgan fingerprint density at radius 3 is 2.59 bits per heavy atom. The fourth-order valence-corrected chi connectivity index (χ4v) is 5.75. The first-order valence-corrected chi connectivity index (χ1v) is 10.5. The van der Waals surface area contributed by atoms with Gasteiger partial charge in [-0.2, -0.15) is 0 Å². The lowest BCUT2D eigenvalue weighted by atomic mass is 9.67. The lowest BCUT2D eigenvalue weighted by Crippen LogP contribution is -2.51. The molecule has 0 saturated heterocycles. The van der Waals surface area contributed by atoms with Crippen LogP contribution in [0.1, 0.15) is 60.3 Å². The highest BCUT2D eigenvalue weighted by Gasteiger charge is 2.57. The van der Waals surface area contributed by atoms with E-state index in [2.05, 4.69) is 32.7 Å². The molecule has 2 fully saturated rings. The summed E-state index contributed by atoms with van der Waals surface area (Å²) in [6.45, 7) is 9.95. The fraction of sp³-hybridized carbons (Fsp3) is 0.750. The zero-order valence-corrected chi connectivity index (χ0v) is 17.6. The molecule has 7 heteroatoms. The summed E-state index contributed by atoms with van der Waals surface area (Å²) in [4.78, 5) is 28.3. The zero-order valence-electron chi connectivity index (χ0n) is 16.8. The molecule has 0 N–H and O–H groups in total. The molecule has 0 bridgehead atoms. The molecule has 5 atom stereocenters. The van der Waals surface area contributed by atoms with Crippen molar-refractivity contribution in [2.75, 3.05) is 0 Å². The molecule has 2 aliphatic rings. The molecule has 0 unspecified atom stereocenters. The van der Waals surface area contributed by atoms with Gasteiger partial charge in [-0.25, -0.2) is 4.98 Å². The number of carbonyl (C=O) groups is 2. The van der Waals surface area contributed by atoms with Crippen LogP contribution in [0.25, 0.3) is 0 Å². The van der Waals surface area contributed by atoms with Crippen molar-refractivity contribution in [3.63, 3.8) is 0 Å². The van der Waals surface area contributed by atoms with Gasteiger partial charge in [0.15, 0.2) is 0 Å². The highest BCUT2D eigenvalue weighted by molar-refractivity contribution is 8.14. The van der Waals surface area contributed by atoms with Gasteiger partial charge < -0.3 is 9.47 Å². The summed E-state index contributed by atoms with van der Waals surface area (Å²) in [5, 5.41) is -0.131. The third-order valence-corrected chi connectivity index (χ3v) is 7.04. The predicted molar refractivity (Wildman–Crippen MR) is 105 cm³/mol. The maximum Gasteiger partial charge on any atom is 0.302 e. The molecule has 0 aromatic carbocycles. The maximum absolute atomic E-state index is 12.6. The number of ether oxygens (including phenoxy) is 2. The Labute approximate surface area is 165 Å². The smallest absolute Gasteiger partial charge is 0.302 e. The Balaban J connectivity index is 1.79. The molecule has 27 heavy (non-hydrogen) atoms. The van der Waals surface area contributed by atoms with Crippen LogP contribution in [0.4, 0.5) is 4.79 Å². The number of hydrogen-bond donors (Lipinski definition) is 0. The van der Waals surface area contributed by atoms with Crippen molar-refractivity contribution in [1.82, 2.24) is 9.55 Å². The van der Waals surface area contributed by atoms with E-state index in [-0.39, 0.29) is 45.6 Å². The number of rotatable bonds is 3. The number of carbonyl (C=O) groups excluding carboxylic acids is 2. The van der Waals surface area contributed by atoms with E-state index in [1.807, 2.05) is 0 Å². The number of nitrogens with zero attached hydrogens (tertiary/aromatic N) is 2. The van der Waals surface area contributed by atoms with Crippen LogP contribution >= 0.6 is 11.8 Å². The van der Waals surface area contributed by atoms with E-state index in [9.17, 15) is 9.59 Å². The highest BCUT2D eigenvalue weighted by atomic mass is 32.2. The first-order chi connectivity index (χ1) is 12.6. The van der Waals surface area contributed by atoms with Crippen LogP contribution in [0.15, 0.2) is 18.7 Å². The van der Waals surface area contributed by atoms with Gasteiger partial charge in [-0.3, -0.25) is 14.2 Å². The number of aromatic nitrogens is 2. The Kier molecular flexibility index (Phi) is 5.73. The molecule has 1 aromatic heterocycles. The predicted octanol–water partition coefficient (Wildman–Crippen LogP) is 4.28. The molecule has 0 spiro atoms. The Hall–Kier alpha value is -1.34. The standard InChI is InChI=1S/C20H30N2O4S/c1-13(23)25-17-14-6-7-16(26-19(2,3)4)20(14,5)9-8-15(17)27-18(24)22-11-10-21-12-22/h10-12,14-17H,6-9H2,1-5H3/t14-,15-,16-,17+,20-/m0/s1. The minimum absolute atomic E-state index is 0.0392. The zero-order chi connectivity index (χ0) is 19.8. The number of thioether (sulfide) groups is 1. The topological polar surface area (TPSA) is 70.4 Å². The first-order valence-electron chi connectivity index (χ1n) is 9.64. The molecule has 3 rings (SSSR count). The van der Waals surface area contributed by atoms with Gasteiger partial charge in [-0.15, -0.1) is 0 Å². The van der Waals surface area contributed by atoms with Crippen LogP contribution in [0.3, 0.4) is 0 Å². The average molecular weight is 395 g/mol. The van der Waals surface area contributed by atoms with E-state index >= 15 is 0 Å². The van der Waals surface area contributed by atoms with Crippen LogP contribution < -0.4 is 0 Å². The van der Waals surface area contributed by atoms with Crippen LogP contribution in [0.2, 0.25) is 0 Å². The molecule has 150 valence electrons. The summed E-state index contributed by atoms with van der Waals surface area (Å²) in [5.74, 6) is -0.0827. The number of fused-ring (bicyclic) bond motifs is 1. The summed E-state index contributed by atoms with van der Waals surface area (Å²) in [6, 6.07) is 0. The molecule has 2 saturated carbocycles. The molecule has 2 aliphatic carbocycles. The van der Waals surface area contributed by atoms with Crippen molar-refractivity contribution in [3.05, 3.63) is 18.7 Å². The molecule has 1 aromatic rings. The van der Waals surface area contributed by atoms with Gasteiger partial charge >= 0.3 is 5.97 Å². The van der Waals surface area contributed by atoms with Crippen molar-refractivity contribution < 1.29 is 19.1 Å². The van der Waals surface area contributed by atoms with E-state index in [1.54, 1.807) is 12.4 Å². The summed E-state index contributed by atoms with van der Waals surface area (Å²) in [7, 11) is 0. The van der Waals surface area contributed by atoms with Crippen molar-refractivity contribution in [2.45, 2.75) is 83.4 Å². The van der Waals surface area contributed by atoms with Gasteiger partial charge in [-0.05, 0) is 46.5 Å². The fourth-order valence-electron chi connectivity index (χ4n) is 4.65. The first kappa shape index (κ1) is 20.4. The second-order valence-corrected chi connectivity index (χ2v) is 10.1. The monoisotopic (exact) mass is 394 g/mol. The normalized spacial score (nSPS) is 33.5. The van der Waals surface area contributed by atoms with Gasteiger partial charge in [0.1, 0.15) is 12.4 Å². The van der Waals surface area contributed by atoms with Crippen LogP contribution in [0, 0.1) is 11.3 Å². The maximum atomic E-state index is 12.6. The lowest BCUT2D eigenvalue weighted by Gasteiger charge is -2.48. The second-order valence-electron chi connectivity index (χ2n) is 8.91. The SMILES string of the molecule is CC(=O)O[C@H]1[C@@H](SC(=O)n2ccnc2)CC[C@]2(C)[C@@H](OC(C)(C)C)CC[C@@H]12. The highest BCUT2D eigenvalue weighted by Crippen LogP contribution is 2.56. The van der Waals surface area contributed by atoms with Crippen LogP contribution in [0.5, 0.6) is 0 Å². The average Bonchev–Trinajstić information content (AvgIpc) is 3.18. The Bertz CT molecular complexity index is 685. The third-order valence-electron chi connectivity index (χ3n) is 5.82. The van der Waals surface area contributed by atoms with E-state index in [0.717, 1.165) is 25.7 Å². The van der Waals surface area contributed by atoms with Crippen LogP contribution in [-0.4, -0.2) is 43.8 Å². The number of imidazole rings is 1. The second kappa shape index (κ2) is 7.59. The minimum Gasteiger partial charge on any atom is -0.461 e.